The third kappa shape index (κ3) is 4.17. The molecule has 126 valence electrons. The number of rotatable bonds is 5. The number of hydrogen-bond acceptors (Lipinski definition) is 6. The van der Waals surface area contributed by atoms with Crippen LogP contribution in [0.1, 0.15) is 9.67 Å². The van der Waals surface area contributed by atoms with Crippen LogP contribution >= 0.6 is 23.1 Å². The molecule has 0 spiro atoms. The van der Waals surface area contributed by atoms with E-state index < -0.39 is 4.92 Å². The second kappa shape index (κ2) is 7.37. The van der Waals surface area contributed by atoms with Gasteiger partial charge in [-0.25, -0.2) is 0 Å². The van der Waals surface area contributed by atoms with Crippen LogP contribution in [0, 0.1) is 10.1 Å². The number of carbonyl (C=O) groups is 1. The molecule has 0 atom stereocenters. The Morgan fingerprint density at radius 2 is 1.92 bits per heavy atom. The molecular weight excluding hydrogens is 360 g/mol. The molecule has 0 saturated heterocycles. The molecule has 0 fully saturated rings. The fourth-order valence-corrected chi connectivity index (χ4v) is 3.58. The molecule has 1 heterocycles. The summed E-state index contributed by atoms with van der Waals surface area (Å²) in [6.07, 6.45) is 0. The minimum absolute atomic E-state index is 0.0953. The number of carbonyl (C=O) groups excluding carboxylic acids is 1. The Hall–Kier alpha value is -2.84. The molecule has 0 unspecified atom stereocenters. The first kappa shape index (κ1) is 17.0. The second-order valence-electron chi connectivity index (χ2n) is 4.97. The van der Waals surface area contributed by atoms with Gasteiger partial charge >= 0.3 is 0 Å². The van der Waals surface area contributed by atoms with Crippen molar-refractivity contribution in [1.29, 1.82) is 0 Å². The number of nitro benzene ring substituents is 1. The average Bonchev–Trinajstić information content (AvgIpc) is 3.13. The molecule has 3 rings (SSSR count). The van der Waals surface area contributed by atoms with E-state index in [9.17, 15) is 20.0 Å². The lowest BCUT2D eigenvalue weighted by Gasteiger charge is -2.07. The number of phenols is 1. The number of amides is 1. The lowest BCUT2D eigenvalue weighted by molar-refractivity contribution is -0.387. The Morgan fingerprint density at radius 1 is 1.16 bits per heavy atom. The summed E-state index contributed by atoms with van der Waals surface area (Å²) in [7, 11) is 0. The van der Waals surface area contributed by atoms with Gasteiger partial charge in [0.2, 0.25) is 0 Å². The fourth-order valence-electron chi connectivity index (χ4n) is 2.07. The lowest BCUT2D eigenvalue weighted by atomic mass is 10.2. The van der Waals surface area contributed by atoms with E-state index in [4.69, 9.17) is 0 Å². The number of nitro groups is 1. The van der Waals surface area contributed by atoms with Gasteiger partial charge in [-0.2, -0.15) is 0 Å². The van der Waals surface area contributed by atoms with Crippen molar-refractivity contribution in [2.75, 3.05) is 5.32 Å². The minimum Gasteiger partial charge on any atom is -0.508 e. The average molecular weight is 372 g/mol. The standard InChI is InChI=1S/C17H12N2O4S2/c20-12-4-6-13(7-5-12)25-15-8-3-11(10-14(15)19(22)23)18-17(21)16-2-1-9-24-16/h1-10,20H,(H,18,21). The Balaban J connectivity index is 1.84. The van der Waals surface area contributed by atoms with Crippen LogP contribution < -0.4 is 5.32 Å². The number of benzene rings is 2. The Labute approximate surface area is 151 Å². The van der Waals surface area contributed by atoms with Gasteiger partial charge in [-0.15, -0.1) is 11.3 Å². The lowest BCUT2D eigenvalue weighted by Crippen LogP contribution is -2.10. The highest BCUT2D eigenvalue weighted by molar-refractivity contribution is 7.99. The number of aromatic hydroxyl groups is 1. The van der Waals surface area contributed by atoms with Gasteiger partial charge in [-0.3, -0.25) is 14.9 Å². The van der Waals surface area contributed by atoms with Crippen LogP contribution in [0.15, 0.2) is 69.8 Å². The molecule has 25 heavy (non-hydrogen) atoms. The van der Waals surface area contributed by atoms with E-state index in [0.29, 0.717) is 15.5 Å². The van der Waals surface area contributed by atoms with Crippen LogP contribution in [0.5, 0.6) is 5.75 Å². The molecule has 1 amide bonds. The molecule has 3 aromatic rings. The van der Waals surface area contributed by atoms with Crippen molar-refractivity contribution >= 4 is 40.4 Å². The normalized spacial score (nSPS) is 10.4. The van der Waals surface area contributed by atoms with Crippen molar-refractivity contribution in [1.82, 2.24) is 0 Å². The summed E-state index contributed by atoms with van der Waals surface area (Å²) in [5.41, 5.74) is 0.266. The summed E-state index contributed by atoms with van der Waals surface area (Å²) in [5.74, 6) is -0.172. The van der Waals surface area contributed by atoms with Crippen LogP contribution in [0.3, 0.4) is 0 Å². The molecule has 0 aliphatic carbocycles. The summed E-state index contributed by atoms with van der Waals surface area (Å²) in [6.45, 7) is 0. The van der Waals surface area contributed by atoms with Gasteiger partial charge in [-0.1, -0.05) is 17.8 Å². The van der Waals surface area contributed by atoms with E-state index >= 15 is 0 Å². The quantitative estimate of drug-likeness (QED) is 0.497. The second-order valence-corrected chi connectivity index (χ2v) is 7.03. The number of nitrogens with zero attached hydrogens (tertiary/aromatic N) is 1. The van der Waals surface area contributed by atoms with Crippen molar-refractivity contribution in [2.45, 2.75) is 9.79 Å². The van der Waals surface area contributed by atoms with Crippen molar-refractivity contribution < 1.29 is 14.8 Å². The van der Waals surface area contributed by atoms with Crippen LogP contribution in [-0.2, 0) is 0 Å². The maximum Gasteiger partial charge on any atom is 0.285 e. The van der Waals surface area contributed by atoms with Crippen LogP contribution in [0.25, 0.3) is 0 Å². The van der Waals surface area contributed by atoms with Gasteiger partial charge in [0, 0.05) is 16.6 Å². The first-order valence-corrected chi connectivity index (χ1v) is 8.83. The van der Waals surface area contributed by atoms with Crippen LogP contribution in [-0.4, -0.2) is 15.9 Å². The van der Waals surface area contributed by atoms with E-state index in [1.54, 1.807) is 41.8 Å². The van der Waals surface area contributed by atoms with Gasteiger partial charge in [0.15, 0.2) is 0 Å². The molecular formula is C17H12N2O4S2. The molecule has 0 aliphatic heterocycles. The summed E-state index contributed by atoms with van der Waals surface area (Å²) >= 11 is 2.51. The Kier molecular flexibility index (Phi) is 5.01. The first-order chi connectivity index (χ1) is 12.0. The molecule has 2 aromatic carbocycles. The molecule has 1 aromatic heterocycles. The SMILES string of the molecule is O=C(Nc1ccc(Sc2ccc(O)cc2)c([N+](=O)[O-])c1)c1cccs1. The van der Waals surface area contributed by atoms with E-state index in [1.807, 2.05) is 0 Å². The topological polar surface area (TPSA) is 92.5 Å². The van der Waals surface area contributed by atoms with Crippen molar-refractivity contribution in [2.24, 2.45) is 0 Å². The van der Waals surface area contributed by atoms with E-state index in [0.717, 1.165) is 4.90 Å². The maximum absolute atomic E-state index is 12.1. The van der Waals surface area contributed by atoms with Crippen molar-refractivity contribution in [3.8, 4) is 5.75 Å². The predicted octanol–water partition coefficient (Wildman–Crippen LogP) is 4.77. The molecule has 0 bridgehead atoms. The number of anilines is 1. The Bertz CT molecular complexity index is 909. The fraction of sp³-hybridized carbons (Fsp3) is 0. The van der Waals surface area contributed by atoms with E-state index in [2.05, 4.69) is 5.32 Å². The summed E-state index contributed by atoms with van der Waals surface area (Å²) in [6, 6.07) is 14.4. The molecule has 0 radical (unpaired) electrons. The zero-order valence-electron chi connectivity index (χ0n) is 12.7. The Morgan fingerprint density at radius 3 is 2.56 bits per heavy atom. The highest BCUT2D eigenvalue weighted by Gasteiger charge is 2.17. The van der Waals surface area contributed by atoms with Gasteiger partial charge < -0.3 is 10.4 Å². The highest BCUT2D eigenvalue weighted by atomic mass is 32.2. The summed E-state index contributed by atoms with van der Waals surface area (Å²) in [4.78, 5) is 24.7. The minimum atomic E-state index is -0.483. The van der Waals surface area contributed by atoms with E-state index in [-0.39, 0.29) is 17.3 Å². The summed E-state index contributed by atoms with van der Waals surface area (Å²) in [5, 5.41) is 25.1. The van der Waals surface area contributed by atoms with Crippen LogP contribution in [0.2, 0.25) is 0 Å². The zero-order valence-corrected chi connectivity index (χ0v) is 14.3. The molecule has 2 N–H and O–H groups in total. The third-order valence-electron chi connectivity index (χ3n) is 3.22. The smallest absolute Gasteiger partial charge is 0.285 e. The number of hydrogen-bond donors (Lipinski definition) is 2. The van der Waals surface area contributed by atoms with Gasteiger partial charge in [0.25, 0.3) is 11.6 Å². The number of nitrogens with one attached hydrogen (secondary N) is 1. The number of thiophene rings is 1. The van der Waals surface area contributed by atoms with E-state index in [1.165, 1.54) is 41.3 Å². The number of phenolic OH excluding ortho intramolecular Hbond substituents is 1. The van der Waals surface area contributed by atoms with Gasteiger partial charge in [-0.05, 0) is 47.8 Å². The maximum atomic E-state index is 12.1. The van der Waals surface area contributed by atoms with Gasteiger partial charge in [0.05, 0.1) is 14.7 Å². The molecule has 8 heteroatoms. The van der Waals surface area contributed by atoms with Crippen LogP contribution in [0.4, 0.5) is 11.4 Å². The summed E-state index contributed by atoms with van der Waals surface area (Å²) < 4.78 is 0. The largest absolute Gasteiger partial charge is 0.508 e. The highest BCUT2D eigenvalue weighted by Crippen LogP contribution is 2.37. The van der Waals surface area contributed by atoms with Gasteiger partial charge in [0.1, 0.15) is 5.75 Å². The van der Waals surface area contributed by atoms with Crippen molar-refractivity contribution in [3.63, 3.8) is 0 Å². The molecule has 6 nitrogen and oxygen atoms in total. The molecule has 0 saturated carbocycles. The third-order valence-corrected chi connectivity index (χ3v) is 5.16. The zero-order chi connectivity index (χ0) is 17.8. The first-order valence-electron chi connectivity index (χ1n) is 7.13. The predicted molar refractivity (Wildman–Crippen MR) is 97.6 cm³/mol. The monoisotopic (exact) mass is 372 g/mol. The molecule has 0 aliphatic rings. The van der Waals surface area contributed by atoms with Crippen molar-refractivity contribution in [3.05, 3.63) is 75.0 Å².